The summed E-state index contributed by atoms with van der Waals surface area (Å²) in [6, 6.07) is 0. The maximum absolute atomic E-state index is 10.9. The van der Waals surface area contributed by atoms with Crippen LogP contribution >= 0.6 is 0 Å². The first-order chi connectivity index (χ1) is 6.16. The van der Waals surface area contributed by atoms with Crippen LogP contribution in [0, 0.1) is 0 Å². The monoisotopic (exact) mass is 188 g/mol. The topological polar surface area (TPSA) is 78.4 Å². The van der Waals surface area contributed by atoms with Crippen LogP contribution in [0.15, 0.2) is 0 Å². The molecule has 0 aliphatic rings. The van der Waals surface area contributed by atoms with E-state index in [2.05, 4.69) is 10.6 Å². The molecule has 0 bridgehead atoms. The van der Waals surface area contributed by atoms with E-state index < -0.39 is 5.97 Å². The molecule has 0 heterocycles. The van der Waals surface area contributed by atoms with E-state index in [0.29, 0.717) is 25.9 Å². The molecule has 0 aliphatic heterocycles. The normalized spacial score (nSPS) is 9.62. The Labute approximate surface area is 77.5 Å². The van der Waals surface area contributed by atoms with Gasteiger partial charge in [0.05, 0.1) is 0 Å². The van der Waals surface area contributed by atoms with Crippen molar-refractivity contribution < 1.29 is 14.7 Å². The molecule has 0 spiro atoms. The van der Waals surface area contributed by atoms with Crippen molar-refractivity contribution >= 4 is 11.9 Å². The second-order valence-corrected chi connectivity index (χ2v) is 2.70. The molecule has 0 atom stereocenters. The number of carbonyl (C=O) groups excluding carboxylic acids is 1. The van der Waals surface area contributed by atoms with Crippen molar-refractivity contribution in [2.75, 3.05) is 20.1 Å². The molecule has 0 fully saturated rings. The molecule has 0 aliphatic carbocycles. The third-order valence-electron chi connectivity index (χ3n) is 1.49. The predicted octanol–water partition coefficient (Wildman–Crippen LogP) is -0.423. The van der Waals surface area contributed by atoms with Gasteiger partial charge in [0.2, 0.25) is 5.91 Å². The minimum Gasteiger partial charge on any atom is -0.481 e. The van der Waals surface area contributed by atoms with Crippen molar-refractivity contribution in [2.45, 2.75) is 19.3 Å². The Balaban J connectivity index is 3.22. The summed E-state index contributed by atoms with van der Waals surface area (Å²) in [5, 5.41) is 13.8. The predicted molar refractivity (Wildman–Crippen MR) is 48.4 cm³/mol. The molecule has 0 radical (unpaired) electrons. The molecule has 0 aromatic rings. The number of carboxylic acids is 1. The first-order valence-electron chi connectivity index (χ1n) is 4.30. The quantitative estimate of drug-likeness (QED) is 0.474. The Morgan fingerprint density at radius 1 is 1.23 bits per heavy atom. The Morgan fingerprint density at radius 2 is 1.92 bits per heavy atom. The van der Waals surface area contributed by atoms with Gasteiger partial charge in [-0.25, -0.2) is 0 Å². The van der Waals surface area contributed by atoms with E-state index in [1.807, 2.05) is 0 Å². The lowest BCUT2D eigenvalue weighted by molar-refractivity contribution is -0.137. The van der Waals surface area contributed by atoms with E-state index >= 15 is 0 Å². The van der Waals surface area contributed by atoms with Crippen LogP contribution in [0.4, 0.5) is 0 Å². The summed E-state index contributed by atoms with van der Waals surface area (Å²) in [6.07, 6.45) is 1.02. The number of aliphatic carboxylic acids is 1. The summed E-state index contributed by atoms with van der Waals surface area (Å²) in [7, 11) is 1.78. The third kappa shape index (κ3) is 8.81. The maximum atomic E-state index is 10.9. The van der Waals surface area contributed by atoms with Gasteiger partial charge in [0.15, 0.2) is 0 Å². The molecule has 13 heavy (non-hydrogen) atoms. The maximum Gasteiger partial charge on any atom is 0.303 e. The highest BCUT2D eigenvalue weighted by Gasteiger charge is 2.00. The van der Waals surface area contributed by atoms with Gasteiger partial charge in [-0.05, 0) is 13.5 Å². The first-order valence-corrected chi connectivity index (χ1v) is 4.30. The Hall–Kier alpha value is -1.10. The summed E-state index contributed by atoms with van der Waals surface area (Å²) >= 11 is 0. The molecule has 1 amide bonds. The number of carbonyl (C=O) groups is 2. The van der Waals surface area contributed by atoms with Gasteiger partial charge in [0, 0.05) is 25.9 Å². The average Bonchev–Trinajstić information content (AvgIpc) is 2.08. The molecule has 5 nitrogen and oxygen atoms in total. The zero-order valence-electron chi connectivity index (χ0n) is 7.80. The highest BCUT2D eigenvalue weighted by Crippen LogP contribution is 1.86. The van der Waals surface area contributed by atoms with Gasteiger partial charge in [0.1, 0.15) is 0 Å². The first kappa shape index (κ1) is 11.9. The fourth-order valence-electron chi connectivity index (χ4n) is 0.794. The molecule has 76 valence electrons. The molecule has 3 N–H and O–H groups in total. The number of nitrogens with one attached hydrogen (secondary N) is 2. The van der Waals surface area contributed by atoms with Crippen LogP contribution < -0.4 is 10.6 Å². The highest BCUT2D eigenvalue weighted by molar-refractivity contribution is 5.76. The minimum absolute atomic E-state index is 0.0419. The van der Waals surface area contributed by atoms with Crippen LogP contribution in [0.2, 0.25) is 0 Å². The van der Waals surface area contributed by atoms with Crippen molar-refractivity contribution in [1.29, 1.82) is 0 Å². The van der Waals surface area contributed by atoms with Crippen LogP contribution in [0.25, 0.3) is 0 Å². The number of rotatable bonds is 7. The third-order valence-corrected chi connectivity index (χ3v) is 1.49. The molecule has 0 rings (SSSR count). The van der Waals surface area contributed by atoms with Crippen LogP contribution in [0.1, 0.15) is 19.3 Å². The van der Waals surface area contributed by atoms with Gasteiger partial charge in [-0.3, -0.25) is 9.59 Å². The van der Waals surface area contributed by atoms with Crippen molar-refractivity contribution in [3.8, 4) is 0 Å². The van der Waals surface area contributed by atoms with E-state index in [1.165, 1.54) is 0 Å². The number of hydrogen-bond acceptors (Lipinski definition) is 3. The second kappa shape index (κ2) is 7.54. The van der Waals surface area contributed by atoms with Crippen LogP contribution in [-0.2, 0) is 9.59 Å². The molecular formula is C8H16N2O3. The SMILES string of the molecule is CNCCC(=O)NCCCC(=O)O. The fourth-order valence-corrected chi connectivity index (χ4v) is 0.794. The smallest absolute Gasteiger partial charge is 0.303 e. The number of hydrogen-bond donors (Lipinski definition) is 3. The fraction of sp³-hybridized carbons (Fsp3) is 0.750. The molecule has 0 saturated carbocycles. The molecule has 0 unspecified atom stereocenters. The molecular weight excluding hydrogens is 172 g/mol. The van der Waals surface area contributed by atoms with Crippen LogP contribution in [0.5, 0.6) is 0 Å². The lowest BCUT2D eigenvalue weighted by Gasteiger charge is -2.02. The van der Waals surface area contributed by atoms with Crippen LogP contribution in [-0.4, -0.2) is 37.1 Å². The van der Waals surface area contributed by atoms with Gasteiger partial charge in [-0.15, -0.1) is 0 Å². The molecule has 5 heteroatoms. The van der Waals surface area contributed by atoms with Gasteiger partial charge in [-0.1, -0.05) is 0 Å². The number of amides is 1. The standard InChI is InChI=1S/C8H16N2O3/c1-9-6-4-7(11)10-5-2-3-8(12)13/h9H,2-6H2,1H3,(H,10,11)(H,12,13). The van der Waals surface area contributed by atoms with Crippen LogP contribution in [0.3, 0.4) is 0 Å². The highest BCUT2D eigenvalue weighted by atomic mass is 16.4. The summed E-state index contributed by atoms with van der Waals surface area (Å²) in [4.78, 5) is 21.0. The summed E-state index contributed by atoms with van der Waals surface area (Å²) in [5.74, 6) is -0.871. The molecule has 0 saturated heterocycles. The van der Waals surface area contributed by atoms with Gasteiger partial charge >= 0.3 is 5.97 Å². The lowest BCUT2D eigenvalue weighted by atomic mass is 10.3. The Bertz CT molecular complexity index is 171. The van der Waals surface area contributed by atoms with Crippen molar-refractivity contribution in [1.82, 2.24) is 10.6 Å². The Kier molecular flexibility index (Phi) is 6.91. The second-order valence-electron chi connectivity index (χ2n) is 2.70. The number of carboxylic acid groups (broad SMARTS) is 1. The largest absolute Gasteiger partial charge is 0.481 e. The summed E-state index contributed by atoms with van der Waals surface area (Å²) < 4.78 is 0. The van der Waals surface area contributed by atoms with E-state index in [9.17, 15) is 9.59 Å². The summed E-state index contributed by atoms with van der Waals surface area (Å²) in [6.45, 7) is 1.08. The van der Waals surface area contributed by atoms with E-state index in [1.54, 1.807) is 7.05 Å². The van der Waals surface area contributed by atoms with Gasteiger partial charge in [0.25, 0.3) is 0 Å². The zero-order valence-corrected chi connectivity index (χ0v) is 7.80. The minimum atomic E-state index is -0.829. The van der Waals surface area contributed by atoms with Crippen molar-refractivity contribution in [3.05, 3.63) is 0 Å². The van der Waals surface area contributed by atoms with Crippen molar-refractivity contribution in [3.63, 3.8) is 0 Å². The van der Waals surface area contributed by atoms with Gasteiger partial charge in [-0.2, -0.15) is 0 Å². The van der Waals surface area contributed by atoms with E-state index in [0.717, 1.165) is 0 Å². The molecule has 0 aromatic carbocycles. The summed E-state index contributed by atoms with van der Waals surface area (Å²) in [5.41, 5.74) is 0. The van der Waals surface area contributed by atoms with Gasteiger partial charge < -0.3 is 15.7 Å². The van der Waals surface area contributed by atoms with E-state index in [-0.39, 0.29) is 12.3 Å². The van der Waals surface area contributed by atoms with E-state index in [4.69, 9.17) is 5.11 Å². The lowest BCUT2D eigenvalue weighted by Crippen LogP contribution is -2.27. The molecule has 0 aromatic heterocycles. The average molecular weight is 188 g/mol. The van der Waals surface area contributed by atoms with Crippen molar-refractivity contribution in [2.24, 2.45) is 0 Å². The zero-order chi connectivity index (χ0) is 10.1. The Morgan fingerprint density at radius 3 is 2.46 bits per heavy atom.